The van der Waals surface area contributed by atoms with Gasteiger partial charge in [-0.05, 0) is 39.2 Å². The van der Waals surface area contributed by atoms with Crippen molar-refractivity contribution in [3.05, 3.63) is 33.0 Å². The second-order valence-electron chi connectivity index (χ2n) is 5.04. The second-order valence-corrected chi connectivity index (χ2v) is 6.10. The predicted octanol–water partition coefficient (Wildman–Crippen LogP) is 2.59. The molecule has 0 aliphatic heterocycles. The first-order valence-corrected chi connectivity index (χ1v) is 7.58. The molecule has 5 heteroatoms. The van der Waals surface area contributed by atoms with Gasteiger partial charge < -0.3 is 5.73 Å². The van der Waals surface area contributed by atoms with E-state index in [9.17, 15) is 0 Å². The molecule has 1 unspecified atom stereocenters. The molecule has 0 radical (unpaired) electrons. The van der Waals surface area contributed by atoms with E-state index in [1.807, 2.05) is 11.6 Å². The van der Waals surface area contributed by atoms with E-state index in [2.05, 4.69) is 36.2 Å². The lowest BCUT2D eigenvalue weighted by Gasteiger charge is -2.09. The van der Waals surface area contributed by atoms with Crippen LogP contribution in [0.4, 0.5) is 0 Å². The third-order valence-corrected chi connectivity index (χ3v) is 4.32. The Labute approximate surface area is 118 Å². The number of thiazole rings is 1. The summed E-state index contributed by atoms with van der Waals surface area (Å²) in [4.78, 5) is 4.50. The molecule has 2 aromatic rings. The molecule has 19 heavy (non-hydrogen) atoms. The topological polar surface area (TPSA) is 56.7 Å². The smallest absolute Gasteiger partial charge is 0.0898 e. The van der Waals surface area contributed by atoms with Crippen LogP contribution in [-0.2, 0) is 13.0 Å². The Morgan fingerprint density at radius 2 is 2.11 bits per heavy atom. The number of rotatable bonds is 5. The molecule has 4 nitrogen and oxygen atoms in total. The molecular weight excluding hydrogens is 256 g/mol. The largest absolute Gasteiger partial charge is 0.327 e. The zero-order valence-electron chi connectivity index (χ0n) is 12.1. The molecule has 104 valence electrons. The van der Waals surface area contributed by atoms with Crippen LogP contribution >= 0.6 is 11.3 Å². The van der Waals surface area contributed by atoms with Crippen molar-refractivity contribution in [2.24, 2.45) is 5.73 Å². The maximum atomic E-state index is 6.06. The van der Waals surface area contributed by atoms with Gasteiger partial charge in [0.1, 0.15) is 0 Å². The third-order valence-electron chi connectivity index (χ3n) is 3.50. The molecule has 0 aromatic carbocycles. The average Bonchev–Trinajstić information content (AvgIpc) is 2.88. The zero-order valence-corrected chi connectivity index (χ0v) is 12.9. The lowest BCUT2D eigenvalue weighted by Crippen LogP contribution is -2.22. The molecule has 2 heterocycles. The molecule has 0 fully saturated rings. The standard InChI is InChI=1S/C14H22N4S/c1-5-12(15)6-14-9(2)17-18(10(14)3)7-13-8-19-11(4)16-13/h8,12H,5-7,15H2,1-4H3. The number of aryl methyl sites for hydroxylation is 2. The van der Waals surface area contributed by atoms with Crippen LogP contribution in [0.2, 0.25) is 0 Å². The van der Waals surface area contributed by atoms with Crippen LogP contribution in [0.3, 0.4) is 0 Å². The van der Waals surface area contributed by atoms with Crippen LogP contribution in [0.15, 0.2) is 5.38 Å². The highest BCUT2D eigenvalue weighted by Crippen LogP contribution is 2.17. The summed E-state index contributed by atoms with van der Waals surface area (Å²) < 4.78 is 2.04. The highest BCUT2D eigenvalue weighted by Gasteiger charge is 2.14. The van der Waals surface area contributed by atoms with Crippen molar-refractivity contribution < 1.29 is 0 Å². The summed E-state index contributed by atoms with van der Waals surface area (Å²) in [6, 6.07) is 0.219. The van der Waals surface area contributed by atoms with Crippen LogP contribution in [0.5, 0.6) is 0 Å². The first-order chi connectivity index (χ1) is 9.01. The maximum Gasteiger partial charge on any atom is 0.0898 e. The molecule has 0 saturated carbocycles. The summed E-state index contributed by atoms with van der Waals surface area (Å²) in [5.41, 5.74) is 10.7. The predicted molar refractivity (Wildman–Crippen MR) is 79.6 cm³/mol. The molecule has 0 spiro atoms. The number of nitrogens with two attached hydrogens (primary N) is 1. The minimum absolute atomic E-state index is 0.219. The van der Waals surface area contributed by atoms with Gasteiger partial charge in [0.05, 0.1) is 22.9 Å². The van der Waals surface area contributed by atoms with Gasteiger partial charge in [0.15, 0.2) is 0 Å². The number of hydrogen-bond donors (Lipinski definition) is 1. The molecule has 0 bridgehead atoms. The van der Waals surface area contributed by atoms with Crippen LogP contribution in [0.25, 0.3) is 0 Å². The minimum Gasteiger partial charge on any atom is -0.327 e. The maximum absolute atomic E-state index is 6.06. The second kappa shape index (κ2) is 5.84. The highest BCUT2D eigenvalue weighted by atomic mass is 32.1. The first-order valence-electron chi connectivity index (χ1n) is 6.70. The Bertz CT molecular complexity index is 556. The summed E-state index contributed by atoms with van der Waals surface area (Å²) in [5, 5.41) is 7.83. The van der Waals surface area contributed by atoms with Crippen LogP contribution < -0.4 is 5.73 Å². The molecular formula is C14H22N4S. The monoisotopic (exact) mass is 278 g/mol. The quantitative estimate of drug-likeness (QED) is 0.914. The van der Waals surface area contributed by atoms with E-state index in [1.165, 1.54) is 11.3 Å². The van der Waals surface area contributed by atoms with Gasteiger partial charge in [-0.2, -0.15) is 5.10 Å². The summed E-state index contributed by atoms with van der Waals surface area (Å²) in [7, 11) is 0. The van der Waals surface area contributed by atoms with Crippen LogP contribution in [-0.4, -0.2) is 20.8 Å². The number of hydrogen-bond acceptors (Lipinski definition) is 4. The van der Waals surface area contributed by atoms with Crippen molar-refractivity contribution in [1.29, 1.82) is 0 Å². The summed E-state index contributed by atoms with van der Waals surface area (Å²) in [5.74, 6) is 0. The van der Waals surface area contributed by atoms with Crippen molar-refractivity contribution in [2.75, 3.05) is 0 Å². The van der Waals surface area contributed by atoms with Gasteiger partial charge in [0, 0.05) is 17.1 Å². The Morgan fingerprint density at radius 1 is 1.37 bits per heavy atom. The van der Waals surface area contributed by atoms with E-state index in [1.54, 1.807) is 11.3 Å². The SMILES string of the molecule is CCC(N)Cc1c(C)nn(Cc2csc(C)n2)c1C. The molecule has 2 N–H and O–H groups in total. The molecule has 2 rings (SSSR count). The molecule has 0 amide bonds. The van der Waals surface area contributed by atoms with Gasteiger partial charge in [-0.1, -0.05) is 6.92 Å². The normalized spacial score (nSPS) is 12.9. The molecule has 1 atom stereocenters. The van der Waals surface area contributed by atoms with Gasteiger partial charge in [0.2, 0.25) is 0 Å². The van der Waals surface area contributed by atoms with E-state index in [4.69, 9.17) is 5.73 Å². The van der Waals surface area contributed by atoms with E-state index < -0.39 is 0 Å². The van der Waals surface area contributed by atoms with Crippen molar-refractivity contribution >= 4 is 11.3 Å². The lowest BCUT2D eigenvalue weighted by molar-refractivity contribution is 0.632. The molecule has 0 aliphatic carbocycles. The molecule has 0 aliphatic rings. The third kappa shape index (κ3) is 3.22. The number of aromatic nitrogens is 3. The Morgan fingerprint density at radius 3 is 2.68 bits per heavy atom. The summed E-state index contributed by atoms with van der Waals surface area (Å²) in [6.07, 6.45) is 1.90. The van der Waals surface area contributed by atoms with E-state index in [0.29, 0.717) is 0 Å². The van der Waals surface area contributed by atoms with Gasteiger partial charge >= 0.3 is 0 Å². The summed E-state index contributed by atoms with van der Waals surface area (Å²) in [6.45, 7) is 9.09. The fraction of sp³-hybridized carbons (Fsp3) is 0.571. The van der Waals surface area contributed by atoms with Crippen molar-refractivity contribution in [3.63, 3.8) is 0 Å². The Hall–Kier alpha value is -1.20. The molecule has 2 aromatic heterocycles. The zero-order chi connectivity index (χ0) is 14.0. The molecule has 0 saturated heterocycles. The highest BCUT2D eigenvalue weighted by molar-refractivity contribution is 7.09. The van der Waals surface area contributed by atoms with E-state index in [0.717, 1.165) is 35.8 Å². The fourth-order valence-electron chi connectivity index (χ4n) is 2.22. The van der Waals surface area contributed by atoms with Gasteiger partial charge in [-0.25, -0.2) is 4.98 Å². The minimum atomic E-state index is 0.219. The van der Waals surface area contributed by atoms with Crippen molar-refractivity contribution in [2.45, 2.75) is 53.1 Å². The van der Waals surface area contributed by atoms with Crippen molar-refractivity contribution in [1.82, 2.24) is 14.8 Å². The fourth-order valence-corrected chi connectivity index (χ4v) is 2.83. The van der Waals surface area contributed by atoms with Gasteiger partial charge in [-0.3, -0.25) is 4.68 Å². The average molecular weight is 278 g/mol. The van der Waals surface area contributed by atoms with Crippen LogP contribution in [0, 0.1) is 20.8 Å². The Kier molecular flexibility index (Phi) is 4.37. The van der Waals surface area contributed by atoms with Gasteiger partial charge in [-0.15, -0.1) is 11.3 Å². The summed E-state index contributed by atoms with van der Waals surface area (Å²) >= 11 is 1.68. The first kappa shape index (κ1) is 14.2. The Balaban J connectivity index is 2.20. The lowest BCUT2D eigenvalue weighted by atomic mass is 10.0. The van der Waals surface area contributed by atoms with E-state index in [-0.39, 0.29) is 6.04 Å². The number of nitrogens with zero attached hydrogens (tertiary/aromatic N) is 3. The van der Waals surface area contributed by atoms with E-state index >= 15 is 0 Å². The van der Waals surface area contributed by atoms with Crippen molar-refractivity contribution in [3.8, 4) is 0 Å². The van der Waals surface area contributed by atoms with Gasteiger partial charge in [0.25, 0.3) is 0 Å². The van der Waals surface area contributed by atoms with Crippen LogP contribution in [0.1, 0.15) is 41.0 Å².